The molecule has 0 amide bonds. The zero-order chi connectivity index (χ0) is 22.1. The van der Waals surface area contributed by atoms with E-state index in [2.05, 4.69) is 4.98 Å². The topological polar surface area (TPSA) is 78.3 Å². The molecule has 0 fully saturated rings. The molecule has 0 spiro atoms. The quantitative estimate of drug-likeness (QED) is 0.356. The molecule has 4 aromatic rings. The van der Waals surface area contributed by atoms with Crippen LogP contribution < -0.4 is 5.56 Å². The summed E-state index contributed by atoms with van der Waals surface area (Å²) in [5.41, 5.74) is 1.66. The monoisotopic (exact) mass is 424 g/mol. The predicted molar refractivity (Wildman–Crippen MR) is 120 cm³/mol. The van der Waals surface area contributed by atoms with Crippen molar-refractivity contribution in [3.63, 3.8) is 0 Å². The lowest BCUT2D eigenvalue weighted by Gasteiger charge is -2.17. The van der Waals surface area contributed by atoms with E-state index < -0.39 is 12.1 Å². The maximum Gasteiger partial charge on any atom is 0.339 e. The molecular formula is C26H20N2O4. The number of esters is 1. The highest BCUT2D eigenvalue weighted by molar-refractivity contribution is 6.02. The van der Waals surface area contributed by atoms with Crippen molar-refractivity contribution >= 4 is 22.7 Å². The Hall–Kier alpha value is -4.06. The molecule has 5 rings (SSSR count). The van der Waals surface area contributed by atoms with Crippen molar-refractivity contribution in [1.29, 1.82) is 0 Å². The summed E-state index contributed by atoms with van der Waals surface area (Å²) in [6.07, 6.45) is 0.537. The second kappa shape index (κ2) is 8.23. The Bertz CT molecular complexity index is 1380. The van der Waals surface area contributed by atoms with Crippen LogP contribution in [-0.2, 0) is 17.7 Å². The molecule has 3 aromatic carbocycles. The molecule has 32 heavy (non-hydrogen) atoms. The van der Waals surface area contributed by atoms with Crippen LogP contribution in [0.5, 0.6) is 0 Å². The fourth-order valence-corrected chi connectivity index (χ4v) is 4.04. The number of Topliss-reactive ketones (excluding diaryl/α,β-unsaturated/α-hetero) is 1. The molecular weight excluding hydrogens is 404 g/mol. The van der Waals surface area contributed by atoms with E-state index in [1.165, 1.54) is 0 Å². The smallest absolute Gasteiger partial charge is 0.339 e. The molecule has 2 heterocycles. The molecule has 1 atom stereocenters. The minimum absolute atomic E-state index is 0.0937. The summed E-state index contributed by atoms with van der Waals surface area (Å²) in [6, 6.07) is 22.4. The molecule has 0 radical (unpaired) electrons. The molecule has 1 aromatic heterocycles. The number of hydrogen-bond acceptors (Lipinski definition) is 5. The Morgan fingerprint density at radius 3 is 2.38 bits per heavy atom. The molecule has 1 aliphatic rings. The van der Waals surface area contributed by atoms with Gasteiger partial charge in [0.25, 0.3) is 5.56 Å². The average molecular weight is 424 g/mol. The number of ketones is 1. The van der Waals surface area contributed by atoms with Crippen LogP contribution in [0.3, 0.4) is 0 Å². The average Bonchev–Trinajstić information content (AvgIpc) is 3.32. The first-order valence-corrected chi connectivity index (χ1v) is 10.5. The van der Waals surface area contributed by atoms with Gasteiger partial charge in [-0.3, -0.25) is 14.2 Å². The number of carbonyl (C=O) groups excluding carboxylic acids is 2. The van der Waals surface area contributed by atoms with Crippen molar-refractivity contribution in [2.24, 2.45) is 0 Å². The van der Waals surface area contributed by atoms with Crippen LogP contribution in [0.4, 0.5) is 0 Å². The van der Waals surface area contributed by atoms with Crippen LogP contribution in [0.25, 0.3) is 10.9 Å². The number of aryl methyl sites for hydroxylation is 1. The first-order valence-electron chi connectivity index (χ1n) is 10.5. The molecule has 0 bridgehead atoms. The molecule has 158 valence electrons. The summed E-state index contributed by atoms with van der Waals surface area (Å²) in [4.78, 5) is 43.4. The van der Waals surface area contributed by atoms with Crippen LogP contribution in [0.1, 0.15) is 44.6 Å². The Morgan fingerprint density at radius 2 is 1.62 bits per heavy atom. The van der Waals surface area contributed by atoms with E-state index in [0.717, 1.165) is 18.7 Å². The summed E-state index contributed by atoms with van der Waals surface area (Å²) >= 11 is 0. The van der Waals surface area contributed by atoms with Gasteiger partial charge >= 0.3 is 5.97 Å². The summed E-state index contributed by atoms with van der Waals surface area (Å²) in [6.45, 7) is 0.668. The normalized spacial score (nSPS) is 13.5. The van der Waals surface area contributed by atoms with E-state index in [-0.39, 0.29) is 16.9 Å². The number of benzene rings is 3. The van der Waals surface area contributed by atoms with Gasteiger partial charge < -0.3 is 4.74 Å². The SMILES string of the molecule is O=C(OC(C(=O)c1ccccc1)c1ccccc1)c1ccc2c(=O)n3c(nc2c1)CCC3. The second-order valence-corrected chi connectivity index (χ2v) is 7.75. The maximum absolute atomic E-state index is 13.2. The van der Waals surface area contributed by atoms with Crippen molar-refractivity contribution in [1.82, 2.24) is 9.55 Å². The van der Waals surface area contributed by atoms with Gasteiger partial charge in [-0.15, -0.1) is 0 Å². The van der Waals surface area contributed by atoms with Gasteiger partial charge in [-0.05, 0) is 24.6 Å². The van der Waals surface area contributed by atoms with E-state index in [1.807, 2.05) is 12.1 Å². The van der Waals surface area contributed by atoms with E-state index in [1.54, 1.807) is 71.3 Å². The van der Waals surface area contributed by atoms with Gasteiger partial charge in [-0.2, -0.15) is 0 Å². The molecule has 0 saturated heterocycles. The van der Waals surface area contributed by atoms with Crippen LogP contribution in [0.15, 0.2) is 83.7 Å². The third kappa shape index (κ3) is 3.60. The van der Waals surface area contributed by atoms with Gasteiger partial charge in [-0.25, -0.2) is 9.78 Å². The zero-order valence-electron chi connectivity index (χ0n) is 17.2. The third-order valence-corrected chi connectivity index (χ3v) is 5.68. The molecule has 6 heteroatoms. The van der Waals surface area contributed by atoms with Crippen molar-refractivity contribution in [2.75, 3.05) is 0 Å². The van der Waals surface area contributed by atoms with E-state index in [4.69, 9.17) is 4.74 Å². The maximum atomic E-state index is 13.2. The van der Waals surface area contributed by atoms with Gasteiger partial charge in [0, 0.05) is 24.1 Å². The number of rotatable bonds is 5. The fourth-order valence-electron chi connectivity index (χ4n) is 4.04. The van der Waals surface area contributed by atoms with Crippen molar-refractivity contribution in [3.8, 4) is 0 Å². The van der Waals surface area contributed by atoms with Crippen LogP contribution >= 0.6 is 0 Å². The van der Waals surface area contributed by atoms with E-state index >= 15 is 0 Å². The van der Waals surface area contributed by atoms with Crippen molar-refractivity contribution in [2.45, 2.75) is 25.5 Å². The standard InChI is InChI=1S/C26H20N2O4/c29-23(17-8-3-1-4-9-17)24(18-10-5-2-6-11-18)32-26(31)19-13-14-20-21(16-19)27-22-12-7-15-28(22)25(20)30/h1-6,8-11,13-14,16,24H,7,12,15H2. The van der Waals surface area contributed by atoms with Gasteiger partial charge in [0.05, 0.1) is 16.5 Å². The lowest BCUT2D eigenvalue weighted by atomic mass is 9.99. The van der Waals surface area contributed by atoms with Crippen LogP contribution in [-0.4, -0.2) is 21.3 Å². The number of fused-ring (bicyclic) bond motifs is 2. The van der Waals surface area contributed by atoms with Gasteiger partial charge in [0.15, 0.2) is 6.10 Å². The lowest BCUT2D eigenvalue weighted by Crippen LogP contribution is -2.22. The molecule has 0 aliphatic carbocycles. The summed E-state index contributed by atoms with van der Waals surface area (Å²) in [7, 11) is 0. The predicted octanol–water partition coefficient (Wildman–Crippen LogP) is 4.12. The Kier molecular flexibility index (Phi) is 5.11. The van der Waals surface area contributed by atoms with Gasteiger partial charge in [0.1, 0.15) is 5.82 Å². The second-order valence-electron chi connectivity index (χ2n) is 7.75. The highest BCUT2D eigenvalue weighted by atomic mass is 16.5. The largest absolute Gasteiger partial charge is 0.445 e. The third-order valence-electron chi connectivity index (χ3n) is 5.68. The number of ether oxygens (including phenoxy) is 1. The number of carbonyl (C=O) groups is 2. The first kappa shape index (κ1) is 19.9. The van der Waals surface area contributed by atoms with E-state index in [9.17, 15) is 14.4 Å². The Labute approximate surface area is 184 Å². The van der Waals surface area contributed by atoms with Crippen molar-refractivity contribution < 1.29 is 14.3 Å². The highest BCUT2D eigenvalue weighted by Gasteiger charge is 2.27. The van der Waals surface area contributed by atoms with Crippen molar-refractivity contribution in [3.05, 3.63) is 112 Å². The highest BCUT2D eigenvalue weighted by Crippen LogP contribution is 2.25. The fraction of sp³-hybridized carbons (Fsp3) is 0.154. The zero-order valence-corrected chi connectivity index (χ0v) is 17.2. The first-order chi connectivity index (χ1) is 15.6. The summed E-state index contributed by atoms with van der Waals surface area (Å²) in [5, 5.41) is 0.465. The van der Waals surface area contributed by atoms with Gasteiger partial charge in [0.2, 0.25) is 5.78 Å². The lowest BCUT2D eigenvalue weighted by molar-refractivity contribution is 0.0280. The molecule has 0 saturated carbocycles. The van der Waals surface area contributed by atoms with E-state index in [0.29, 0.717) is 28.6 Å². The molecule has 6 nitrogen and oxygen atoms in total. The minimum Gasteiger partial charge on any atom is -0.445 e. The number of nitrogens with zero attached hydrogens (tertiary/aromatic N) is 2. The number of hydrogen-bond donors (Lipinski definition) is 0. The number of aromatic nitrogens is 2. The Morgan fingerprint density at radius 1 is 0.906 bits per heavy atom. The van der Waals surface area contributed by atoms with Crippen LogP contribution in [0.2, 0.25) is 0 Å². The molecule has 0 N–H and O–H groups in total. The molecule has 1 unspecified atom stereocenters. The van der Waals surface area contributed by atoms with Gasteiger partial charge in [-0.1, -0.05) is 60.7 Å². The minimum atomic E-state index is -1.08. The summed E-state index contributed by atoms with van der Waals surface area (Å²) in [5.74, 6) is -0.220. The Balaban J connectivity index is 1.49. The van der Waals surface area contributed by atoms with Crippen LogP contribution in [0, 0.1) is 0 Å². The summed E-state index contributed by atoms with van der Waals surface area (Å²) < 4.78 is 7.40. The molecule has 1 aliphatic heterocycles.